The van der Waals surface area contributed by atoms with Gasteiger partial charge < -0.3 is 14.8 Å². The van der Waals surface area contributed by atoms with Crippen LogP contribution < -0.4 is 10.0 Å². The summed E-state index contributed by atoms with van der Waals surface area (Å²) in [6, 6.07) is 9.51. The Bertz CT molecular complexity index is 791. The Balaban J connectivity index is 1.75. The third-order valence-electron chi connectivity index (χ3n) is 5.12. The number of rotatable bonds is 7. The molecule has 0 amide bonds. The second-order valence-corrected chi connectivity index (χ2v) is 7.98. The van der Waals surface area contributed by atoms with Crippen molar-refractivity contribution < 1.29 is 9.90 Å². The fraction of sp³-hybridized carbons (Fsp3) is 0.476. The van der Waals surface area contributed by atoms with Gasteiger partial charge in [-0.1, -0.05) is 56.1 Å². The van der Waals surface area contributed by atoms with Gasteiger partial charge in [-0.25, -0.2) is 9.97 Å². The molecule has 0 spiro atoms. The topological polar surface area (TPSA) is 69.2 Å². The van der Waals surface area contributed by atoms with Crippen LogP contribution in [0.15, 0.2) is 35.5 Å². The Hall–Kier alpha value is -2.08. The molecule has 1 heterocycles. The van der Waals surface area contributed by atoms with Crippen LogP contribution in [0.25, 0.3) is 0 Å². The zero-order valence-corrected chi connectivity index (χ0v) is 16.8. The summed E-state index contributed by atoms with van der Waals surface area (Å²) in [5.74, 6) is 0.461. The lowest BCUT2D eigenvalue weighted by atomic mass is 9.94. The third kappa shape index (κ3) is 5.22. The number of aromatic nitrogens is 2. The highest BCUT2D eigenvalue weighted by Crippen LogP contribution is 2.28. The second kappa shape index (κ2) is 9.22. The first-order chi connectivity index (χ1) is 13.1. The van der Waals surface area contributed by atoms with E-state index in [0.29, 0.717) is 11.8 Å². The minimum absolute atomic E-state index is 0.203. The van der Waals surface area contributed by atoms with Crippen molar-refractivity contribution in [2.45, 2.75) is 62.4 Å². The van der Waals surface area contributed by atoms with Crippen LogP contribution in [0.2, 0.25) is 0 Å². The summed E-state index contributed by atoms with van der Waals surface area (Å²) in [4.78, 5) is 22.8. The van der Waals surface area contributed by atoms with Crippen LogP contribution >= 0.6 is 11.8 Å². The molecule has 0 radical (unpaired) electrons. The number of carbonyl (C=O) groups is 1. The molecule has 1 saturated carbocycles. The molecule has 5 nitrogen and oxygen atoms in total. The van der Waals surface area contributed by atoms with Crippen LogP contribution in [0.5, 0.6) is 0 Å². The maximum absolute atomic E-state index is 11.0. The first-order valence-electron chi connectivity index (χ1n) is 9.60. The number of benzene rings is 1. The van der Waals surface area contributed by atoms with Gasteiger partial charge in [0.1, 0.15) is 5.82 Å². The average molecular weight is 385 g/mol. The van der Waals surface area contributed by atoms with E-state index in [1.54, 1.807) is 18.2 Å². The monoisotopic (exact) mass is 384 g/mol. The van der Waals surface area contributed by atoms with Gasteiger partial charge in [0, 0.05) is 30.6 Å². The van der Waals surface area contributed by atoms with Crippen LogP contribution in [-0.2, 0) is 12.2 Å². The Kier molecular flexibility index (Phi) is 6.72. The van der Waals surface area contributed by atoms with Gasteiger partial charge >= 0.3 is 0 Å². The molecule has 0 atom stereocenters. The Morgan fingerprint density at radius 1 is 1.22 bits per heavy atom. The number of carboxylic acids is 1. The third-order valence-corrected chi connectivity index (χ3v) is 6.04. The summed E-state index contributed by atoms with van der Waals surface area (Å²) in [6.45, 7) is 2.10. The summed E-state index contributed by atoms with van der Waals surface area (Å²) in [7, 11) is 2.13. The van der Waals surface area contributed by atoms with Gasteiger partial charge in [0.25, 0.3) is 0 Å². The largest absolute Gasteiger partial charge is 0.545 e. The van der Waals surface area contributed by atoms with Crippen LogP contribution in [-0.4, -0.2) is 29.0 Å². The molecule has 0 N–H and O–H groups in total. The zero-order chi connectivity index (χ0) is 19.2. The van der Waals surface area contributed by atoms with Crippen LogP contribution in [0.3, 0.4) is 0 Å². The summed E-state index contributed by atoms with van der Waals surface area (Å²) < 4.78 is 0. The van der Waals surface area contributed by atoms with E-state index >= 15 is 0 Å². The lowest BCUT2D eigenvalue weighted by Gasteiger charge is -2.32. The molecular weight excluding hydrogens is 358 g/mol. The highest BCUT2D eigenvalue weighted by Gasteiger charge is 2.20. The molecule has 144 valence electrons. The number of thioether (sulfide) groups is 1. The maximum Gasteiger partial charge on any atom is 0.190 e. The normalized spacial score (nSPS) is 14.9. The Morgan fingerprint density at radius 3 is 2.70 bits per heavy atom. The quantitative estimate of drug-likeness (QED) is 0.538. The number of carbonyl (C=O) groups excluding carboxylic acids is 1. The molecule has 1 aliphatic carbocycles. The van der Waals surface area contributed by atoms with Crippen molar-refractivity contribution in [2.75, 3.05) is 11.9 Å². The van der Waals surface area contributed by atoms with Crippen LogP contribution in [0, 0.1) is 0 Å². The maximum atomic E-state index is 11.0. The van der Waals surface area contributed by atoms with E-state index in [1.807, 2.05) is 6.07 Å². The lowest BCUT2D eigenvalue weighted by molar-refractivity contribution is -0.255. The minimum atomic E-state index is -1.15. The van der Waals surface area contributed by atoms with Gasteiger partial charge in [-0.05, 0) is 36.5 Å². The van der Waals surface area contributed by atoms with E-state index in [9.17, 15) is 9.90 Å². The van der Waals surface area contributed by atoms with E-state index in [2.05, 4.69) is 29.9 Å². The van der Waals surface area contributed by atoms with Gasteiger partial charge in [-0.15, -0.1) is 0 Å². The van der Waals surface area contributed by atoms with Gasteiger partial charge in [0.2, 0.25) is 0 Å². The molecule has 1 aromatic heterocycles. The molecule has 27 heavy (non-hydrogen) atoms. The van der Waals surface area contributed by atoms with Gasteiger partial charge in [-0.2, -0.15) is 0 Å². The van der Waals surface area contributed by atoms with Crippen molar-refractivity contribution >= 4 is 23.5 Å². The molecule has 1 aromatic carbocycles. The van der Waals surface area contributed by atoms with Crippen molar-refractivity contribution in [3.63, 3.8) is 0 Å². The fourth-order valence-electron chi connectivity index (χ4n) is 3.48. The smallest absolute Gasteiger partial charge is 0.190 e. The molecule has 0 saturated heterocycles. The molecule has 0 bridgehead atoms. The van der Waals surface area contributed by atoms with E-state index in [1.165, 1.54) is 43.9 Å². The number of hydrogen-bond donors (Lipinski definition) is 0. The van der Waals surface area contributed by atoms with E-state index in [-0.39, 0.29) is 5.56 Å². The summed E-state index contributed by atoms with van der Waals surface area (Å²) in [6.07, 6.45) is 7.22. The lowest BCUT2D eigenvalue weighted by Crippen LogP contribution is -2.34. The molecule has 6 heteroatoms. The van der Waals surface area contributed by atoms with Crippen molar-refractivity contribution in [3.8, 4) is 0 Å². The van der Waals surface area contributed by atoms with Crippen LogP contribution in [0.4, 0.5) is 5.82 Å². The van der Waals surface area contributed by atoms with Crippen molar-refractivity contribution in [2.24, 2.45) is 0 Å². The Labute approximate surface area is 165 Å². The summed E-state index contributed by atoms with van der Waals surface area (Å²) in [5.41, 5.74) is 2.16. The number of aryl methyl sites for hydroxylation is 1. The van der Waals surface area contributed by atoms with E-state index < -0.39 is 5.97 Å². The highest BCUT2D eigenvalue weighted by molar-refractivity contribution is 7.98. The highest BCUT2D eigenvalue weighted by atomic mass is 32.2. The Morgan fingerprint density at radius 2 is 2.00 bits per heavy atom. The molecule has 1 aliphatic rings. The summed E-state index contributed by atoms with van der Waals surface area (Å²) in [5, 5.41) is 11.8. The second-order valence-electron chi connectivity index (χ2n) is 7.03. The van der Waals surface area contributed by atoms with E-state index in [0.717, 1.165) is 28.7 Å². The molecule has 2 aromatic rings. The standard InChI is InChI=1S/C21H27N3O2S/c1-3-17-13-19(24(2)18-10-5-4-6-11-18)23-21(22-17)27-14-15-8-7-9-16(12-15)20(25)26/h7-9,12-13,18H,3-6,10-11,14H2,1-2H3,(H,25,26)/p-1. The van der Waals surface area contributed by atoms with Gasteiger partial charge in [0.15, 0.2) is 5.16 Å². The molecule has 1 fully saturated rings. The van der Waals surface area contributed by atoms with Crippen molar-refractivity contribution in [1.82, 2.24) is 9.97 Å². The first kappa shape index (κ1) is 19.7. The molecule has 0 unspecified atom stereocenters. The predicted molar refractivity (Wildman–Crippen MR) is 107 cm³/mol. The first-order valence-corrected chi connectivity index (χ1v) is 10.6. The van der Waals surface area contributed by atoms with Crippen LogP contribution in [0.1, 0.15) is 60.6 Å². The number of hydrogen-bond acceptors (Lipinski definition) is 6. The van der Waals surface area contributed by atoms with Gasteiger partial charge in [0.05, 0.1) is 5.97 Å². The minimum Gasteiger partial charge on any atom is -0.545 e. The molecule has 0 aliphatic heterocycles. The van der Waals surface area contributed by atoms with E-state index in [4.69, 9.17) is 4.98 Å². The average Bonchev–Trinajstić information content (AvgIpc) is 2.72. The summed E-state index contributed by atoms with van der Waals surface area (Å²) >= 11 is 1.54. The number of aromatic carboxylic acids is 1. The van der Waals surface area contributed by atoms with Crippen molar-refractivity contribution in [1.29, 1.82) is 0 Å². The van der Waals surface area contributed by atoms with Crippen molar-refractivity contribution in [3.05, 3.63) is 47.2 Å². The predicted octanol–water partition coefficient (Wildman–Crippen LogP) is 3.46. The van der Waals surface area contributed by atoms with Gasteiger partial charge in [-0.3, -0.25) is 0 Å². The molecule has 3 rings (SSSR count). The fourth-order valence-corrected chi connectivity index (χ4v) is 4.29. The SMILES string of the molecule is CCc1cc(N(C)C2CCCCC2)nc(SCc2cccc(C(=O)[O-])c2)n1. The molecular formula is C21H26N3O2S-. The number of nitrogens with zero attached hydrogens (tertiary/aromatic N) is 3. The number of anilines is 1. The zero-order valence-electron chi connectivity index (χ0n) is 16.0. The number of carboxylic acid groups (broad SMARTS) is 1.